The van der Waals surface area contributed by atoms with Crippen molar-refractivity contribution in [2.24, 2.45) is 0 Å². The maximum absolute atomic E-state index is 12.5. The summed E-state index contributed by atoms with van der Waals surface area (Å²) in [4.78, 5) is 12.5. The number of amides is 1. The quantitative estimate of drug-likeness (QED) is 0.733. The van der Waals surface area contributed by atoms with Gasteiger partial charge in [0, 0.05) is 16.9 Å². The molecule has 0 fully saturated rings. The van der Waals surface area contributed by atoms with Gasteiger partial charge in [-0.25, -0.2) is 0 Å². The highest BCUT2D eigenvalue weighted by Crippen LogP contribution is 2.29. The minimum absolute atomic E-state index is 0.159. The maximum atomic E-state index is 12.5. The monoisotopic (exact) mass is 338 g/mol. The Morgan fingerprint density at radius 2 is 1.96 bits per heavy atom. The Bertz CT molecular complexity index is 922. The van der Waals surface area contributed by atoms with E-state index in [0.717, 1.165) is 22.1 Å². The second-order valence-electron chi connectivity index (χ2n) is 7.30. The molecule has 0 aliphatic heterocycles. The minimum Gasteiger partial charge on any atom is -0.507 e. The van der Waals surface area contributed by atoms with Crippen molar-refractivity contribution in [3.8, 4) is 5.75 Å². The van der Waals surface area contributed by atoms with E-state index < -0.39 is 0 Å². The molecule has 3 aromatic rings. The summed E-state index contributed by atoms with van der Waals surface area (Å²) >= 11 is 0. The van der Waals surface area contributed by atoms with E-state index in [2.05, 4.69) is 10.5 Å². The number of nitrogens with zero attached hydrogens (tertiary/aromatic N) is 1. The lowest BCUT2D eigenvalue weighted by molar-refractivity contribution is -0.117. The van der Waals surface area contributed by atoms with Crippen LogP contribution in [-0.4, -0.2) is 16.2 Å². The number of carbonyl (C=O) groups excluding carboxylic acids is 1. The molecule has 0 bridgehead atoms. The third kappa shape index (κ3) is 3.50. The summed E-state index contributed by atoms with van der Waals surface area (Å²) in [5.74, 6) is 0.852. The highest BCUT2D eigenvalue weighted by Gasteiger charge is 2.22. The summed E-state index contributed by atoms with van der Waals surface area (Å²) in [6.07, 6.45) is 0. The zero-order chi connectivity index (χ0) is 18.2. The van der Waals surface area contributed by atoms with Crippen LogP contribution in [0, 0.1) is 0 Å². The molecule has 1 amide bonds. The fraction of sp³-hybridized carbons (Fsp3) is 0.300. The molecule has 0 aliphatic carbocycles. The van der Waals surface area contributed by atoms with E-state index >= 15 is 0 Å². The zero-order valence-corrected chi connectivity index (χ0v) is 14.8. The predicted octanol–water partition coefficient (Wildman–Crippen LogP) is 4.57. The number of carbonyl (C=O) groups is 1. The molecule has 5 heteroatoms. The molecule has 1 aromatic heterocycles. The molecular formula is C20H22N2O3. The Labute approximate surface area is 146 Å². The molecule has 1 atom stereocenters. The van der Waals surface area contributed by atoms with Crippen LogP contribution in [0.3, 0.4) is 0 Å². The van der Waals surface area contributed by atoms with Crippen molar-refractivity contribution in [3.63, 3.8) is 0 Å². The highest BCUT2D eigenvalue weighted by atomic mass is 16.5. The van der Waals surface area contributed by atoms with Gasteiger partial charge in [-0.15, -0.1) is 0 Å². The summed E-state index contributed by atoms with van der Waals surface area (Å²) in [5, 5.41) is 18.3. The highest BCUT2D eigenvalue weighted by molar-refractivity contribution is 5.96. The van der Waals surface area contributed by atoms with Crippen molar-refractivity contribution < 1.29 is 14.4 Å². The van der Waals surface area contributed by atoms with Gasteiger partial charge in [-0.1, -0.05) is 56.3 Å². The topological polar surface area (TPSA) is 75.4 Å². The number of hydrogen-bond donors (Lipinski definition) is 2. The van der Waals surface area contributed by atoms with Crippen LogP contribution < -0.4 is 5.32 Å². The fourth-order valence-corrected chi connectivity index (χ4v) is 2.63. The lowest BCUT2D eigenvalue weighted by atomic mass is 9.93. The standard InChI is InChI=1S/C20H22N2O3/c1-12(13-8-9-15-14(10-13)6-5-7-16(15)23)19(24)21-18-11-17(25-22-18)20(2,3)4/h5-12,23H,1-4H3,(H,21,22,24)/t12-/m0/s1. The molecule has 0 aliphatic rings. The lowest BCUT2D eigenvalue weighted by Gasteiger charge is -2.13. The molecule has 5 nitrogen and oxygen atoms in total. The first-order valence-electron chi connectivity index (χ1n) is 8.25. The molecule has 0 saturated carbocycles. The van der Waals surface area contributed by atoms with Gasteiger partial charge in [0.25, 0.3) is 0 Å². The van der Waals surface area contributed by atoms with Gasteiger partial charge in [0.05, 0.1) is 5.92 Å². The van der Waals surface area contributed by atoms with E-state index in [0.29, 0.717) is 5.82 Å². The Kier molecular flexibility index (Phi) is 4.25. The normalized spacial score (nSPS) is 13.0. The average Bonchev–Trinajstić information content (AvgIpc) is 3.03. The number of nitrogens with one attached hydrogen (secondary N) is 1. The Morgan fingerprint density at radius 1 is 1.20 bits per heavy atom. The first kappa shape index (κ1) is 17.0. The van der Waals surface area contributed by atoms with E-state index in [1.54, 1.807) is 18.2 Å². The molecule has 0 radical (unpaired) electrons. The van der Waals surface area contributed by atoms with Gasteiger partial charge in [-0.3, -0.25) is 4.79 Å². The third-order valence-electron chi connectivity index (χ3n) is 4.28. The van der Waals surface area contributed by atoms with Gasteiger partial charge in [-0.2, -0.15) is 0 Å². The summed E-state index contributed by atoms with van der Waals surface area (Å²) in [7, 11) is 0. The van der Waals surface area contributed by atoms with Crippen LogP contribution in [0.15, 0.2) is 47.0 Å². The summed E-state index contributed by atoms with van der Waals surface area (Å²) in [6, 6.07) is 12.7. The second-order valence-corrected chi connectivity index (χ2v) is 7.30. The first-order valence-corrected chi connectivity index (χ1v) is 8.25. The van der Waals surface area contributed by atoms with Crippen LogP contribution in [0.25, 0.3) is 10.8 Å². The minimum atomic E-state index is -0.360. The predicted molar refractivity (Wildman–Crippen MR) is 97.9 cm³/mol. The fourth-order valence-electron chi connectivity index (χ4n) is 2.63. The smallest absolute Gasteiger partial charge is 0.232 e. The Hall–Kier alpha value is -2.82. The molecule has 0 saturated heterocycles. The lowest BCUT2D eigenvalue weighted by Crippen LogP contribution is -2.19. The number of benzene rings is 2. The second kappa shape index (κ2) is 6.24. The number of anilines is 1. The Balaban J connectivity index is 1.79. The number of phenols is 1. The van der Waals surface area contributed by atoms with Crippen molar-refractivity contribution in [1.29, 1.82) is 0 Å². The zero-order valence-electron chi connectivity index (χ0n) is 14.8. The molecule has 25 heavy (non-hydrogen) atoms. The number of aromatic hydroxyl groups is 1. The average molecular weight is 338 g/mol. The Morgan fingerprint density at radius 3 is 2.64 bits per heavy atom. The van der Waals surface area contributed by atoms with Gasteiger partial charge >= 0.3 is 0 Å². The van der Waals surface area contributed by atoms with Crippen molar-refractivity contribution in [1.82, 2.24) is 5.16 Å². The number of phenolic OH excluding ortho intramolecular Hbond substituents is 1. The molecule has 1 heterocycles. The SMILES string of the molecule is C[C@H](C(=O)Nc1cc(C(C)(C)C)on1)c1ccc2c(O)cccc2c1. The molecule has 130 valence electrons. The van der Waals surface area contributed by atoms with E-state index in [1.807, 2.05) is 52.0 Å². The van der Waals surface area contributed by atoms with Crippen molar-refractivity contribution in [2.75, 3.05) is 5.32 Å². The van der Waals surface area contributed by atoms with Crippen molar-refractivity contribution in [3.05, 3.63) is 53.8 Å². The maximum Gasteiger partial charge on any atom is 0.232 e. The van der Waals surface area contributed by atoms with E-state index in [1.165, 1.54) is 0 Å². The van der Waals surface area contributed by atoms with Gasteiger partial charge < -0.3 is 14.9 Å². The van der Waals surface area contributed by atoms with Crippen LogP contribution in [0.1, 0.15) is 44.9 Å². The van der Waals surface area contributed by atoms with Crippen LogP contribution in [0.5, 0.6) is 5.75 Å². The molecule has 0 spiro atoms. The summed E-state index contributed by atoms with van der Waals surface area (Å²) in [5.41, 5.74) is 0.706. The van der Waals surface area contributed by atoms with Gasteiger partial charge in [-0.05, 0) is 23.9 Å². The number of hydrogen-bond acceptors (Lipinski definition) is 4. The third-order valence-corrected chi connectivity index (χ3v) is 4.28. The summed E-state index contributed by atoms with van der Waals surface area (Å²) < 4.78 is 5.29. The van der Waals surface area contributed by atoms with Gasteiger partial charge in [0.1, 0.15) is 11.5 Å². The molecule has 2 aromatic carbocycles. The van der Waals surface area contributed by atoms with E-state index in [9.17, 15) is 9.90 Å². The number of rotatable bonds is 3. The van der Waals surface area contributed by atoms with Gasteiger partial charge in [0.2, 0.25) is 5.91 Å². The van der Waals surface area contributed by atoms with Crippen LogP contribution in [0.4, 0.5) is 5.82 Å². The van der Waals surface area contributed by atoms with E-state index in [-0.39, 0.29) is 23.0 Å². The van der Waals surface area contributed by atoms with Crippen LogP contribution >= 0.6 is 0 Å². The van der Waals surface area contributed by atoms with Crippen LogP contribution in [0.2, 0.25) is 0 Å². The first-order chi connectivity index (χ1) is 11.8. The van der Waals surface area contributed by atoms with Crippen molar-refractivity contribution in [2.45, 2.75) is 39.0 Å². The van der Waals surface area contributed by atoms with Gasteiger partial charge in [0.15, 0.2) is 5.82 Å². The molecular weight excluding hydrogens is 316 g/mol. The molecule has 2 N–H and O–H groups in total. The number of aromatic nitrogens is 1. The largest absolute Gasteiger partial charge is 0.507 e. The summed E-state index contributed by atoms with van der Waals surface area (Å²) in [6.45, 7) is 7.90. The van der Waals surface area contributed by atoms with Crippen LogP contribution in [-0.2, 0) is 10.2 Å². The molecule has 0 unspecified atom stereocenters. The number of fused-ring (bicyclic) bond motifs is 1. The van der Waals surface area contributed by atoms with E-state index in [4.69, 9.17) is 4.52 Å². The molecule has 3 rings (SSSR count). The van der Waals surface area contributed by atoms with Crippen molar-refractivity contribution >= 4 is 22.5 Å².